The first-order chi connectivity index (χ1) is 12.9. The zero-order chi connectivity index (χ0) is 19.3. The number of fused-ring (bicyclic) bond motifs is 1. The predicted octanol–water partition coefficient (Wildman–Crippen LogP) is 3.13. The number of phenols is 1. The molecule has 0 saturated carbocycles. The molecule has 0 spiro atoms. The molecule has 0 bridgehead atoms. The molecular formula is C19H17N5O2S. The number of rotatable bonds is 3. The number of aryl methyl sites for hydroxylation is 1. The number of aromatic nitrogens is 3. The summed E-state index contributed by atoms with van der Waals surface area (Å²) < 4.78 is 1.79. The van der Waals surface area contributed by atoms with Crippen molar-refractivity contribution in [2.24, 2.45) is 5.73 Å². The average molecular weight is 379 g/mol. The van der Waals surface area contributed by atoms with Crippen LogP contribution in [0, 0.1) is 13.8 Å². The number of aromatic hydroxyl groups is 1. The number of primary amides is 1. The molecule has 0 atom stereocenters. The first kappa shape index (κ1) is 17.0. The highest BCUT2D eigenvalue weighted by molar-refractivity contribution is 7.13. The van der Waals surface area contributed by atoms with Crippen LogP contribution in [0.5, 0.6) is 5.75 Å². The van der Waals surface area contributed by atoms with Crippen LogP contribution >= 0.6 is 11.3 Å². The fraction of sp³-hybridized carbons (Fsp3) is 0.105. The van der Waals surface area contributed by atoms with E-state index in [-0.39, 0.29) is 17.0 Å². The van der Waals surface area contributed by atoms with E-state index in [0.29, 0.717) is 16.8 Å². The quantitative estimate of drug-likeness (QED) is 0.505. The van der Waals surface area contributed by atoms with Crippen LogP contribution < -0.4 is 11.5 Å². The van der Waals surface area contributed by atoms with Crippen LogP contribution in [-0.2, 0) is 0 Å². The minimum Gasteiger partial charge on any atom is -0.508 e. The lowest BCUT2D eigenvalue weighted by Gasteiger charge is -2.17. The van der Waals surface area contributed by atoms with Crippen LogP contribution in [0.2, 0.25) is 0 Å². The molecule has 8 heteroatoms. The Labute approximate surface area is 158 Å². The third kappa shape index (κ3) is 2.53. The van der Waals surface area contributed by atoms with Crippen molar-refractivity contribution in [3.63, 3.8) is 0 Å². The Hall–Kier alpha value is -3.39. The number of carbonyl (C=O) groups is 1. The van der Waals surface area contributed by atoms with Gasteiger partial charge in [-0.15, -0.1) is 11.3 Å². The van der Waals surface area contributed by atoms with Crippen molar-refractivity contribution >= 4 is 28.6 Å². The highest BCUT2D eigenvalue weighted by atomic mass is 32.1. The number of carbonyl (C=O) groups excluding carboxylic acids is 1. The minimum atomic E-state index is -0.656. The highest BCUT2D eigenvalue weighted by Crippen LogP contribution is 2.39. The summed E-state index contributed by atoms with van der Waals surface area (Å²) in [5, 5.41) is 10.2. The fourth-order valence-electron chi connectivity index (χ4n) is 3.35. The molecule has 0 saturated heterocycles. The molecule has 5 N–H and O–H groups in total. The number of thiazole rings is 1. The van der Waals surface area contributed by atoms with Gasteiger partial charge >= 0.3 is 0 Å². The summed E-state index contributed by atoms with van der Waals surface area (Å²) in [7, 11) is 0. The van der Waals surface area contributed by atoms with Crippen LogP contribution in [-0.4, -0.2) is 25.4 Å². The normalized spacial score (nSPS) is 11.2. The van der Waals surface area contributed by atoms with Gasteiger partial charge < -0.3 is 16.6 Å². The largest absolute Gasteiger partial charge is 0.508 e. The van der Waals surface area contributed by atoms with E-state index in [1.807, 2.05) is 26.1 Å². The van der Waals surface area contributed by atoms with Crippen LogP contribution in [0.15, 0.2) is 36.2 Å². The number of pyridine rings is 1. The summed E-state index contributed by atoms with van der Waals surface area (Å²) in [5.41, 5.74) is 18.3. The second-order valence-electron chi connectivity index (χ2n) is 6.30. The lowest BCUT2D eigenvalue weighted by Crippen LogP contribution is -2.16. The second kappa shape index (κ2) is 6.10. The van der Waals surface area contributed by atoms with Crippen LogP contribution in [0.1, 0.15) is 21.5 Å². The summed E-state index contributed by atoms with van der Waals surface area (Å²) in [6.07, 6.45) is 5.23. The number of amides is 1. The number of hydrogen-bond acceptors (Lipinski definition) is 6. The molecule has 1 aromatic carbocycles. The summed E-state index contributed by atoms with van der Waals surface area (Å²) in [4.78, 5) is 21.6. The molecule has 3 heterocycles. The molecule has 1 amide bonds. The van der Waals surface area contributed by atoms with Crippen molar-refractivity contribution in [1.82, 2.24) is 14.4 Å². The molecular weight excluding hydrogens is 362 g/mol. The first-order valence-corrected chi connectivity index (χ1v) is 9.05. The standard InChI is InChI=1S/C19H17N5O2S/c1-9-3-4-13(25)10(2)15(9)11-7-24-12(14-6-22-8-27-14)5-23-19(24)16(17(11)20)18(21)26/h3-8,25H,20H2,1-2H3,(H2,21,26). The van der Waals surface area contributed by atoms with Gasteiger partial charge in [-0.1, -0.05) is 6.07 Å². The Morgan fingerprint density at radius 2 is 2.04 bits per heavy atom. The summed E-state index contributed by atoms with van der Waals surface area (Å²) >= 11 is 1.46. The molecule has 136 valence electrons. The smallest absolute Gasteiger partial charge is 0.254 e. The summed E-state index contributed by atoms with van der Waals surface area (Å²) in [6.45, 7) is 3.73. The number of nitrogen functional groups attached to an aromatic ring is 1. The summed E-state index contributed by atoms with van der Waals surface area (Å²) in [6, 6.07) is 3.45. The van der Waals surface area contributed by atoms with E-state index >= 15 is 0 Å². The molecule has 0 fully saturated rings. The van der Waals surface area contributed by atoms with E-state index in [1.54, 1.807) is 28.4 Å². The van der Waals surface area contributed by atoms with E-state index in [0.717, 1.165) is 21.7 Å². The predicted molar refractivity (Wildman–Crippen MR) is 106 cm³/mol. The Kier molecular flexibility index (Phi) is 3.85. The number of hydrogen-bond donors (Lipinski definition) is 3. The number of nitrogens with two attached hydrogens (primary N) is 2. The Bertz CT molecular complexity index is 1200. The maximum absolute atomic E-state index is 12.2. The zero-order valence-corrected chi connectivity index (χ0v) is 15.5. The topological polar surface area (TPSA) is 120 Å². The van der Waals surface area contributed by atoms with Gasteiger partial charge in [0.1, 0.15) is 11.3 Å². The van der Waals surface area contributed by atoms with Gasteiger partial charge in [-0.2, -0.15) is 0 Å². The molecule has 0 unspecified atom stereocenters. The number of benzene rings is 1. The Morgan fingerprint density at radius 3 is 2.70 bits per heavy atom. The van der Waals surface area contributed by atoms with Gasteiger partial charge in [-0.25, -0.2) is 4.98 Å². The molecule has 4 rings (SSSR count). The van der Waals surface area contributed by atoms with E-state index in [1.165, 1.54) is 11.3 Å². The van der Waals surface area contributed by atoms with Gasteiger partial charge in [-0.05, 0) is 36.6 Å². The number of anilines is 1. The average Bonchev–Trinajstić information content (AvgIpc) is 3.27. The number of imidazole rings is 1. The monoisotopic (exact) mass is 379 g/mol. The van der Waals surface area contributed by atoms with Gasteiger partial charge in [0.15, 0.2) is 5.65 Å². The molecule has 4 aromatic rings. The van der Waals surface area contributed by atoms with Crippen molar-refractivity contribution in [3.8, 4) is 27.4 Å². The van der Waals surface area contributed by atoms with Gasteiger partial charge in [0.2, 0.25) is 0 Å². The van der Waals surface area contributed by atoms with Gasteiger partial charge in [0, 0.05) is 18.0 Å². The van der Waals surface area contributed by atoms with Crippen molar-refractivity contribution in [2.75, 3.05) is 5.73 Å². The van der Waals surface area contributed by atoms with Crippen molar-refractivity contribution in [2.45, 2.75) is 13.8 Å². The lowest BCUT2D eigenvalue weighted by atomic mass is 9.93. The van der Waals surface area contributed by atoms with E-state index in [4.69, 9.17) is 11.5 Å². The van der Waals surface area contributed by atoms with Crippen LogP contribution in [0.25, 0.3) is 27.3 Å². The molecule has 0 aliphatic carbocycles. The van der Waals surface area contributed by atoms with Crippen LogP contribution in [0.3, 0.4) is 0 Å². The van der Waals surface area contributed by atoms with Gasteiger partial charge in [0.25, 0.3) is 5.91 Å². The van der Waals surface area contributed by atoms with E-state index in [9.17, 15) is 9.90 Å². The second-order valence-corrected chi connectivity index (χ2v) is 7.19. The zero-order valence-electron chi connectivity index (χ0n) is 14.7. The number of phenolic OH excluding ortho intramolecular Hbond substituents is 1. The van der Waals surface area contributed by atoms with Crippen molar-refractivity contribution in [1.29, 1.82) is 0 Å². The van der Waals surface area contributed by atoms with Crippen LogP contribution in [0.4, 0.5) is 5.69 Å². The maximum atomic E-state index is 12.2. The highest BCUT2D eigenvalue weighted by Gasteiger charge is 2.22. The third-order valence-electron chi connectivity index (χ3n) is 4.68. The summed E-state index contributed by atoms with van der Waals surface area (Å²) in [5.74, 6) is -0.500. The molecule has 0 aliphatic rings. The molecule has 27 heavy (non-hydrogen) atoms. The van der Waals surface area contributed by atoms with Gasteiger partial charge in [0.05, 0.1) is 28.0 Å². The minimum absolute atomic E-state index is 0.157. The maximum Gasteiger partial charge on any atom is 0.254 e. The lowest BCUT2D eigenvalue weighted by molar-refractivity contribution is 0.100. The molecule has 7 nitrogen and oxygen atoms in total. The SMILES string of the molecule is Cc1ccc(O)c(C)c1-c1cn2c(-c3cncs3)cnc2c(C(N)=O)c1N. The Morgan fingerprint density at radius 1 is 1.26 bits per heavy atom. The molecule has 3 aromatic heterocycles. The van der Waals surface area contributed by atoms with Crippen molar-refractivity contribution < 1.29 is 9.90 Å². The number of nitrogens with zero attached hydrogens (tertiary/aromatic N) is 3. The molecule has 0 radical (unpaired) electrons. The van der Waals surface area contributed by atoms with Gasteiger partial charge in [-0.3, -0.25) is 14.2 Å². The third-order valence-corrected chi connectivity index (χ3v) is 5.48. The van der Waals surface area contributed by atoms with E-state index < -0.39 is 5.91 Å². The first-order valence-electron chi connectivity index (χ1n) is 8.18. The molecule has 0 aliphatic heterocycles. The van der Waals surface area contributed by atoms with E-state index in [2.05, 4.69) is 9.97 Å². The van der Waals surface area contributed by atoms with Crippen molar-refractivity contribution in [3.05, 3.63) is 52.9 Å². The fourth-order valence-corrected chi connectivity index (χ4v) is 3.98. The Balaban J connectivity index is 2.14.